The number of carbonyl (C=O) groups is 1. The lowest BCUT2D eigenvalue weighted by molar-refractivity contribution is 0.0916. The van der Waals surface area contributed by atoms with Crippen molar-refractivity contribution in [3.63, 3.8) is 0 Å². The van der Waals surface area contributed by atoms with Gasteiger partial charge in [-0.2, -0.15) is 0 Å². The van der Waals surface area contributed by atoms with E-state index in [1.54, 1.807) is 24.3 Å². The third-order valence-corrected chi connectivity index (χ3v) is 3.03. The second-order valence-electron chi connectivity index (χ2n) is 4.29. The van der Waals surface area contributed by atoms with Crippen LogP contribution in [0.25, 0.3) is 0 Å². The number of aliphatic hydroxyl groups is 1. The van der Waals surface area contributed by atoms with Crippen LogP contribution in [0, 0.1) is 5.82 Å². The van der Waals surface area contributed by atoms with Crippen LogP contribution in [0.4, 0.5) is 4.39 Å². The van der Waals surface area contributed by atoms with Gasteiger partial charge in [0.15, 0.2) is 0 Å². The van der Waals surface area contributed by atoms with E-state index >= 15 is 0 Å². The summed E-state index contributed by atoms with van der Waals surface area (Å²) < 4.78 is 12.7. The highest BCUT2D eigenvalue weighted by molar-refractivity contribution is 6.30. The van der Waals surface area contributed by atoms with Crippen LogP contribution in [0.5, 0.6) is 0 Å². The third-order valence-electron chi connectivity index (χ3n) is 2.80. The van der Waals surface area contributed by atoms with Crippen LogP contribution in [-0.2, 0) is 0 Å². The fourth-order valence-corrected chi connectivity index (χ4v) is 1.92. The number of hydrogen-bond donors (Lipinski definition) is 2. The number of halogens is 2. The van der Waals surface area contributed by atoms with Gasteiger partial charge in [0, 0.05) is 17.1 Å². The summed E-state index contributed by atoms with van der Waals surface area (Å²) in [4.78, 5) is 11.8. The van der Waals surface area contributed by atoms with Gasteiger partial charge in [-0.05, 0) is 42.0 Å². The Morgan fingerprint density at radius 3 is 2.60 bits per heavy atom. The molecule has 0 spiro atoms. The van der Waals surface area contributed by atoms with E-state index in [1.807, 2.05) is 0 Å². The second kappa shape index (κ2) is 6.50. The minimum atomic E-state index is -0.849. The van der Waals surface area contributed by atoms with Gasteiger partial charge in [0.2, 0.25) is 0 Å². The van der Waals surface area contributed by atoms with Gasteiger partial charge in [0.05, 0.1) is 6.10 Å². The Hall–Kier alpha value is -1.91. The van der Waals surface area contributed by atoms with Gasteiger partial charge >= 0.3 is 0 Å². The maximum absolute atomic E-state index is 12.7. The molecule has 0 heterocycles. The van der Waals surface area contributed by atoms with Crippen LogP contribution in [0.15, 0.2) is 48.5 Å². The average molecular weight is 294 g/mol. The van der Waals surface area contributed by atoms with Crippen molar-refractivity contribution in [3.8, 4) is 0 Å². The minimum Gasteiger partial charge on any atom is -0.387 e. The fraction of sp³-hybridized carbons (Fsp3) is 0.133. The highest BCUT2D eigenvalue weighted by Gasteiger charge is 2.11. The summed E-state index contributed by atoms with van der Waals surface area (Å²) in [7, 11) is 0. The van der Waals surface area contributed by atoms with Gasteiger partial charge in [-0.3, -0.25) is 4.79 Å². The molecule has 20 heavy (non-hydrogen) atoms. The molecule has 0 unspecified atom stereocenters. The van der Waals surface area contributed by atoms with Gasteiger partial charge in [0.25, 0.3) is 5.91 Å². The Labute approximate surface area is 121 Å². The van der Waals surface area contributed by atoms with E-state index in [1.165, 1.54) is 24.3 Å². The van der Waals surface area contributed by atoms with Crippen molar-refractivity contribution < 1.29 is 14.3 Å². The normalized spacial score (nSPS) is 11.9. The van der Waals surface area contributed by atoms with Crippen molar-refractivity contribution in [1.29, 1.82) is 0 Å². The van der Waals surface area contributed by atoms with Crippen molar-refractivity contribution in [1.82, 2.24) is 5.32 Å². The molecule has 0 aliphatic rings. The van der Waals surface area contributed by atoms with Crippen LogP contribution in [0.2, 0.25) is 5.02 Å². The first-order valence-corrected chi connectivity index (χ1v) is 6.41. The largest absolute Gasteiger partial charge is 0.387 e. The number of nitrogens with one attached hydrogen (secondary N) is 1. The van der Waals surface area contributed by atoms with Crippen LogP contribution < -0.4 is 5.32 Å². The number of aliphatic hydroxyl groups excluding tert-OH is 1. The fourth-order valence-electron chi connectivity index (χ4n) is 1.72. The van der Waals surface area contributed by atoms with Crippen molar-refractivity contribution in [2.45, 2.75) is 6.10 Å². The van der Waals surface area contributed by atoms with E-state index in [0.717, 1.165) is 0 Å². The zero-order chi connectivity index (χ0) is 14.5. The number of benzene rings is 2. The first-order valence-electron chi connectivity index (χ1n) is 6.03. The van der Waals surface area contributed by atoms with Crippen molar-refractivity contribution in [2.24, 2.45) is 0 Å². The summed E-state index contributed by atoms with van der Waals surface area (Å²) in [5, 5.41) is 13.1. The maximum Gasteiger partial charge on any atom is 0.251 e. The summed E-state index contributed by atoms with van der Waals surface area (Å²) in [6.45, 7) is 0.0521. The molecule has 1 amide bonds. The maximum atomic E-state index is 12.7. The summed E-state index contributed by atoms with van der Waals surface area (Å²) >= 11 is 5.83. The summed E-state index contributed by atoms with van der Waals surface area (Å²) in [5.74, 6) is -0.772. The van der Waals surface area contributed by atoms with Gasteiger partial charge < -0.3 is 10.4 Å². The Balaban J connectivity index is 1.94. The Bertz CT molecular complexity index is 601. The van der Waals surface area contributed by atoms with Crippen LogP contribution in [-0.4, -0.2) is 17.6 Å². The number of hydrogen-bond acceptors (Lipinski definition) is 2. The second-order valence-corrected chi connectivity index (χ2v) is 4.72. The van der Waals surface area contributed by atoms with E-state index in [0.29, 0.717) is 16.1 Å². The molecule has 0 aromatic heterocycles. The minimum absolute atomic E-state index is 0.0521. The van der Waals surface area contributed by atoms with Crippen molar-refractivity contribution in [3.05, 3.63) is 70.5 Å². The average Bonchev–Trinajstić information content (AvgIpc) is 2.45. The molecule has 2 aromatic carbocycles. The Morgan fingerprint density at radius 2 is 1.95 bits per heavy atom. The van der Waals surface area contributed by atoms with Crippen LogP contribution in [0.3, 0.4) is 0 Å². The molecule has 0 bridgehead atoms. The van der Waals surface area contributed by atoms with Crippen LogP contribution in [0.1, 0.15) is 22.0 Å². The first kappa shape index (κ1) is 14.5. The van der Waals surface area contributed by atoms with E-state index < -0.39 is 11.9 Å². The molecule has 1 atom stereocenters. The highest BCUT2D eigenvalue weighted by atomic mass is 35.5. The molecule has 0 saturated carbocycles. The summed E-state index contributed by atoms with van der Waals surface area (Å²) in [6, 6.07) is 12.0. The van der Waals surface area contributed by atoms with Crippen molar-refractivity contribution in [2.75, 3.05) is 6.54 Å². The van der Waals surface area contributed by atoms with Crippen molar-refractivity contribution >= 4 is 17.5 Å². The van der Waals surface area contributed by atoms with E-state index in [-0.39, 0.29) is 12.5 Å². The number of amides is 1. The lowest BCUT2D eigenvalue weighted by Crippen LogP contribution is -2.28. The highest BCUT2D eigenvalue weighted by Crippen LogP contribution is 2.17. The molecule has 0 saturated heterocycles. The molecule has 2 aromatic rings. The van der Waals surface area contributed by atoms with E-state index in [4.69, 9.17) is 11.6 Å². The lowest BCUT2D eigenvalue weighted by Gasteiger charge is -2.12. The molecule has 0 aliphatic heterocycles. The standard InChI is InChI=1S/C15H13ClFNO2/c16-12-3-1-2-11(8-12)14(19)9-18-15(20)10-4-6-13(17)7-5-10/h1-8,14,19H,9H2,(H,18,20)/t14-/m1/s1. The quantitative estimate of drug-likeness (QED) is 0.910. The summed E-state index contributed by atoms with van der Waals surface area (Å²) in [5.41, 5.74) is 0.960. The molecule has 104 valence electrons. The van der Waals surface area contributed by atoms with Gasteiger partial charge in [-0.1, -0.05) is 23.7 Å². The monoisotopic (exact) mass is 293 g/mol. The zero-order valence-corrected chi connectivity index (χ0v) is 11.3. The molecule has 0 fully saturated rings. The van der Waals surface area contributed by atoms with Gasteiger partial charge in [0.1, 0.15) is 5.82 Å². The molecular formula is C15H13ClFNO2. The topological polar surface area (TPSA) is 49.3 Å². The molecule has 5 heteroatoms. The number of rotatable bonds is 4. The molecule has 0 aliphatic carbocycles. The molecule has 2 N–H and O–H groups in total. The third kappa shape index (κ3) is 3.79. The zero-order valence-electron chi connectivity index (χ0n) is 10.5. The predicted molar refractivity (Wildman–Crippen MR) is 75.1 cm³/mol. The van der Waals surface area contributed by atoms with E-state index in [2.05, 4.69) is 5.32 Å². The van der Waals surface area contributed by atoms with Gasteiger partial charge in [-0.25, -0.2) is 4.39 Å². The lowest BCUT2D eigenvalue weighted by atomic mass is 10.1. The molecule has 3 nitrogen and oxygen atoms in total. The predicted octanol–water partition coefficient (Wildman–Crippen LogP) is 2.94. The first-order chi connectivity index (χ1) is 9.56. The van der Waals surface area contributed by atoms with E-state index in [9.17, 15) is 14.3 Å². The van der Waals surface area contributed by atoms with Gasteiger partial charge in [-0.15, -0.1) is 0 Å². The smallest absolute Gasteiger partial charge is 0.251 e. The van der Waals surface area contributed by atoms with Crippen LogP contribution >= 0.6 is 11.6 Å². The number of carbonyl (C=O) groups excluding carboxylic acids is 1. The Kier molecular flexibility index (Phi) is 4.71. The molecule has 2 rings (SSSR count). The molecular weight excluding hydrogens is 281 g/mol. The summed E-state index contributed by atoms with van der Waals surface area (Å²) in [6.07, 6.45) is -0.849. The molecule has 0 radical (unpaired) electrons. The SMILES string of the molecule is O=C(NC[C@@H](O)c1cccc(Cl)c1)c1ccc(F)cc1. The Morgan fingerprint density at radius 1 is 1.25 bits per heavy atom.